The van der Waals surface area contributed by atoms with Gasteiger partial charge in [-0.1, -0.05) is 27.2 Å². The third-order valence-corrected chi connectivity index (χ3v) is 3.45. The van der Waals surface area contributed by atoms with Crippen LogP contribution in [-0.2, 0) is 0 Å². The molecule has 1 saturated heterocycles. The molecule has 1 N–H and O–H groups in total. The summed E-state index contributed by atoms with van der Waals surface area (Å²) in [5, 5.41) is 3.48. The second kappa shape index (κ2) is 6.41. The first-order valence-electron chi connectivity index (χ1n) is 6.21. The van der Waals surface area contributed by atoms with Gasteiger partial charge in [0.2, 0.25) is 0 Å². The van der Waals surface area contributed by atoms with Crippen molar-refractivity contribution in [2.45, 2.75) is 33.6 Å². The van der Waals surface area contributed by atoms with Gasteiger partial charge in [-0.15, -0.1) is 0 Å². The molecule has 2 atom stereocenters. The Bertz CT molecular complexity index is 147. The summed E-state index contributed by atoms with van der Waals surface area (Å²) in [6, 6.07) is 0. The van der Waals surface area contributed by atoms with Crippen molar-refractivity contribution >= 4 is 0 Å². The van der Waals surface area contributed by atoms with Crippen molar-refractivity contribution < 1.29 is 0 Å². The quantitative estimate of drug-likeness (QED) is 0.702. The number of nitrogens with zero attached hydrogens (tertiary/aromatic N) is 1. The second-order valence-electron chi connectivity index (χ2n) is 4.64. The van der Waals surface area contributed by atoms with Gasteiger partial charge in [-0.05, 0) is 44.4 Å². The van der Waals surface area contributed by atoms with E-state index in [1.807, 2.05) is 0 Å². The molecule has 0 spiro atoms. The zero-order valence-electron chi connectivity index (χ0n) is 10.1. The van der Waals surface area contributed by atoms with Gasteiger partial charge in [-0.25, -0.2) is 0 Å². The third kappa shape index (κ3) is 3.58. The van der Waals surface area contributed by atoms with Crippen molar-refractivity contribution in [2.75, 3.05) is 32.7 Å². The summed E-state index contributed by atoms with van der Waals surface area (Å²) in [4.78, 5) is 2.61. The van der Waals surface area contributed by atoms with E-state index >= 15 is 0 Å². The summed E-state index contributed by atoms with van der Waals surface area (Å²) in [5.74, 6) is 1.75. The average Bonchev–Trinajstić information content (AvgIpc) is 2.59. The molecule has 1 aliphatic rings. The number of hydrogen-bond acceptors (Lipinski definition) is 2. The Balaban J connectivity index is 2.24. The molecule has 14 heavy (non-hydrogen) atoms. The summed E-state index contributed by atoms with van der Waals surface area (Å²) in [6.07, 6.45) is 2.66. The van der Waals surface area contributed by atoms with E-state index in [0.717, 1.165) is 11.8 Å². The molecule has 1 heterocycles. The summed E-state index contributed by atoms with van der Waals surface area (Å²) >= 11 is 0. The fraction of sp³-hybridized carbons (Fsp3) is 1.00. The number of hydrogen-bond donors (Lipinski definition) is 1. The lowest BCUT2D eigenvalue weighted by Crippen LogP contribution is -2.33. The van der Waals surface area contributed by atoms with Gasteiger partial charge in [0.25, 0.3) is 0 Å². The molecule has 2 nitrogen and oxygen atoms in total. The van der Waals surface area contributed by atoms with Gasteiger partial charge in [-0.2, -0.15) is 0 Å². The predicted octanol–water partition coefficient (Wildman–Crippen LogP) is 1.96. The molecule has 0 aromatic rings. The molecule has 1 fully saturated rings. The first kappa shape index (κ1) is 12.0. The number of nitrogens with one attached hydrogen (secondary N) is 1. The molecule has 0 aliphatic carbocycles. The van der Waals surface area contributed by atoms with Gasteiger partial charge in [0.05, 0.1) is 0 Å². The molecule has 0 aromatic carbocycles. The molecular formula is C12H26N2. The van der Waals surface area contributed by atoms with Gasteiger partial charge in [0.1, 0.15) is 0 Å². The van der Waals surface area contributed by atoms with Crippen LogP contribution in [0.15, 0.2) is 0 Å². The molecule has 1 rings (SSSR count). The van der Waals surface area contributed by atoms with Crippen LogP contribution in [0.2, 0.25) is 0 Å². The minimum atomic E-state index is 0.866. The highest BCUT2D eigenvalue weighted by molar-refractivity contribution is 4.80. The lowest BCUT2D eigenvalue weighted by molar-refractivity contribution is 0.225. The summed E-state index contributed by atoms with van der Waals surface area (Å²) in [5.41, 5.74) is 0. The molecule has 0 unspecified atom stereocenters. The molecule has 0 amide bonds. The zero-order chi connectivity index (χ0) is 10.4. The minimum absolute atomic E-state index is 0.866. The van der Waals surface area contributed by atoms with Crippen LogP contribution in [0, 0.1) is 11.8 Å². The Labute approximate surface area is 89.1 Å². The van der Waals surface area contributed by atoms with Crippen LogP contribution >= 0.6 is 0 Å². The van der Waals surface area contributed by atoms with E-state index in [2.05, 4.69) is 31.0 Å². The van der Waals surface area contributed by atoms with Crippen molar-refractivity contribution in [3.05, 3.63) is 0 Å². The van der Waals surface area contributed by atoms with E-state index in [4.69, 9.17) is 0 Å². The largest absolute Gasteiger partial charge is 0.316 e. The molecule has 1 aliphatic heterocycles. The fourth-order valence-corrected chi connectivity index (χ4v) is 2.20. The van der Waals surface area contributed by atoms with E-state index < -0.39 is 0 Å². The highest BCUT2D eigenvalue weighted by Crippen LogP contribution is 2.17. The van der Waals surface area contributed by atoms with E-state index in [0.29, 0.717) is 0 Å². The van der Waals surface area contributed by atoms with E-state index in [1.54, 1.807) is 0 Å². The van der Waals surface area contributed by atoms with E-state index in [9.17, 15) is 0 Å². The maximum atomic E-state index is 3.48. The van der Waals surface area contributed by atoms with E-state index in [1.165, 1.54) is 45.6 Å². The predicted molar refractivity (Wildman–Crippen MR) is 62.5 cm³/mol. The fourth-order valence-electron chi connectivity index (χ4n) is 2.20. The standard InChI is InChI=1S/C12H26N2/c1-4-6-7-14(5-2)10-12-9-13-8-11(12)3/h11-13H,4-10H2,1-3H3/t11-,12+/m1/s1. The van der Waals surface area contributed by atoms with Crippen LogP contribution in [0.25, 0.3) is 0 Å². The van der Waals surface area contributed by atoms with Gasteiger partial charge in [0.15, 0.2) is 0 Å². The zero-order valence-corrected chi connectivity index (χ0v) is 10.1. The van der Waals surface area contributed by atoms with Crippen molar-refractivity contribution in [1.82, 2.24) is 10.2 Å². The second-order valence-corrected chi connectivity index (χ2v) is 4.64. The Hall–Kier alpha value is -0.0800. The maximum absolute atomic E-state index is 3.48. The van der Waals surface area contributed by atoms with Crippen molar-refractivity contribution in [3.8, 4) is 0 Å². The molecule has 2 heteroatoms. The van der Waals surface area contributed by atoms with Crippen LogP contribution in [-0.4, -0.2) is 37.6 Å². The van der Waals surface area contributed by atoms with Crippen molar-refractivity contribution in [1.29, 1.82) is 0 Å². The van der Waals surface area contributed by atoms with Crippen LogP contribution in [0.5, 0.6) is 0 Å². The number of unbranched alkanes of at least 4 members (excludes halogenated alkanes) is 1. The maximum Gasteiger partial charge on any atom is 0.00247 e. The van der Waals surface area contributed by atoms with Gasteiger partial charge in [-0.3, -0.25) is 0 Å². The van der Waals surface area contributed by atoms with Gasteiger partial charge < -0.3 is 10.2 Å². The molecule has 0 saturated carbocycles. The Kier molecular flexibility index (Phi) is 5.49. The smallest absolute Gasteiger partial charge is 0.00247 e. The molecular weight excluding hydrogens is 172 g/mol. The first-order chi connectivity index (χ1) is 6.77. The van der Waals surface area contributed by atoms with E-state index in [-0.39, 0.29) is 0 Å². The van der Waals surface area contributed by atoms with Crippen LogP contribution in [0.4, 0.5) is 0 Å². The Morgan fingerprint density at radius 2 is 2.07 bits per heavy atom. The summed E-state index contributed by atoms with van der Waals surface area (Å²) in [6.45, 7) is 13.2. The minimum Gasteiger partial charge on any atom is -0.316 e. The molecule has 0 aromatic heterocycles. The lowest BCUT2D eigenvalue weighted by atomic mass is 9.97. The highest BCUT2D eigenvalue weighted by atomic mass is 15.1. The first-order valence-corrected chi connectivity index (χ1v) is 6.21. The normalized spacial score (nSPS) is 27.4. The highest BCUT2D eigenvalue weighted by Gasteiger charge is 2.24. The number of rotatable bonds is 6. The van der Waals surface area contributed by atoms with Gasteiger partial charge in [0, 0.05) is 6.54 Å². The lowest BCUT2D eigenvalue weighted by Gasteiger charge is -2.25. The third-order valence-electron chi connectivity index (χ3n) is 3.45. The van der Waals surface area contributed by atoms with Crippen molar-refractivity contribution in [3.63, 3.8) is 0 Å². The average molecular weight is 198 g/mol. The van der Waals surface area contributed by atoms with Crippen LogP contribution < -0.4 is 5.32 Å². The Morgan fingerprint density at radius 3 is 2.57 bits per heavy atom. The SMILES string of the molecule is CCCCN(CC)C[C@@H]1CNC[C@H]1C. The molecule has 84 valence electrons. The monoisotopic (exact) mass is 198 g/mol. The van der Waals surface area contributed by atoms with Crippen LogP contribution in [0.1, 0.15) is 33.6 Å². The van der Waals surface area contributed by atoms with Gasteiger partial charge >= 0.3 is 0 Å². The molecule has 0 radical (unpaired) electrons. The topological polar surface area (TPSA) is 15.3 Å². The summed E-state index contributed by atoms with van der Waals surface area (Å²) < 4.78 is 0. The molecule has 0 bridgehead atoms. The van der Waals surface area contributed by atoms with Crippen LogP contribution in [0.3, 0.4) is 0 Å². The van der Waals surface area contributed by atoms with Crippen molar-refractivity contribution in [2.24, 2.45) is 11.8 Å². The summed E-state index contributed by atoms with van der Waals surface area (Å²) in [7, 11) is 0. The Morgan fingerprint density at radius 1 is 1.29 bits per heavy atom.